The Hall–Kier alpha value is -2.41. The number of aryl methyl sites for hydroxylation is 1. The molecule has 132 valence electrons. The van der Waals surface area contributed by atoms with Crippen LogP contribution in [-0.2, 0) is 4.74 Å². The van der Waals surface area contributed by atoms with Crippen molar-refractivity contribution in [1.29, 1.82) is 0 Å². The smallest absolute Gasteiger partial charge is 0.289 e. The molecule has 1 atom stereocenters. The summed E-state index contributed by atoms with van der Waals surface area (Å²) in [7, 11) is 0. The lowest BCUT2D eigenvalue weighted by Crippen LogP contribution is -2.42. The summed E-state index contributed by atoms with van der Waals surface area (Å²) in [6.07, 6.45) is 3.89. The molecule has 25 heavy (non-hydrogen) atoms. The minimum absolute atomic E-state index is 0.102. The van der Waals surface area contributed by atoms with Crippen LogP contribution in [0.2, 0.25) is 0 Å². The predicted molar refractivity (Wildman–Crippen MR) is 91.5 cm³/mol. The summed E-state index contributed by atoms with van der Waals surface area (Å²) in [6.45, 7) is 5.34. The summed E-state index contributed by atoms with van der Waals surface area (Å²) >= 11 is 0. The summed E-state index contributed by atoms with van der Waals surface area (Å²) in [4.78, 5) is 25.6. The lowest BCUT2D eigenvalue weighted by Gasteiger charge is -2.32. The quantitative estimate of drug-likeness (QED) is 0.851. The number of rotatable bonds is 3. The lowest BCUT2D eigenvalue weighted by atomic mass is 10.2. The number of aromatic nitrogens is 2. The maximum absolute atomic E-state index is 12.6. The molecule has 0 bridgehead atoms. The number of anilines is 1. The molecular formula is C18H22N4O3. The summed E-state index contributed by atoms with van der Waals surface area (Å²) in [5.41, 5.74) is 0.824. The standard InChI is InChI=1S/C18H22N4O3/c1-13-4-5-15(25-13)17(23)22-10-11-24-16(12-22)14-6-7-19-18(20-14)21-8-2-3-9-21/h4-7,16H,2-3,8-12H2,1H3/t16-/m1/s1. The molecule has 2 aromatic heterocycles. The number of furan rings is 1. The van der Waals surface area contributed by atoms with Crippen LogP contribution >= 0.6 is 0 Å². The second-order valence-corrected chi connectivity index (χ2v) is 6.50. The molecule has 7 heteroatoms. The average Bonchev–Trinajstić information content (AvgIpc) is 3.33. The van der Waals surface area contributed by atoms with Crippen molar-refractivity contribution in [3.63, 3.8) is 0 Å². The normalized spacial score (nSPS) is 20.9. The Morgan fingerprint density at radius 3 is 2.80 bits per heavy atom. The Balaban J connectivity index is 1.49. The van der Waals surface area contributed by atoms with Gasteiger partial charge in [0.2, 0.25) is 5.95 Å². The van der Waals surface area contributed by atoms with Crippen molar-refractivity contribution < 1.29 is 13.9 Å². The van der Waals surface area contributed by atoms with Gasteiger partial charge in [0.1, 0.15) is 11.9 Å². The van der Waals surface area contributed by atoms with Crippen LogP contribution in [0.5, 0.6) is 0 Å². The van der Waals surface area contributed by atoms with Crippen molar-refractivity contribution in [2.75, 3.05) is 37.7 Å². The Kier molecular flexibility index (Phi) is 4.40. The van der Waals surface area contributed by atoms with Gasteiger partial charge in [-0.05, 0) is 38.0 Å². The first-order valence-electron chi connectivity index (χ1n) is 8.76. The van der Waals surface area contributed by atoms with E-state index >= 15 is 0 Å². The SMILES string of the molecule is Cc1ccc(C(=O)N2CCO[C@@H](c3ccnc(N4CCCC4)n3)C2)o1. The van der Waals surface area contributed by atoms with Crippen LogP contribution in [0.1, 0.15) is 41.0 Å². The highest BCUT2D eigenvalue weighted by Crippen LogP contribution is 2.24. The van der Waals surface area contributed by atoms with E-state index in [9.17, 15) is 4.79 Å². The van der Waals surface area contributed by atoms with Crippen molar-refractivity contribution in [2.45, 2.75) is 25.9 Å². The molecule has 4 rings (SSSR count). The largest absolute Gasteiger partial charge is 0.456 e. The van der Waals surface area contributed by atoms with E-state index in [2.05, 4.69) is 14.9 Å². The van der Waals surface area contributed by atoms with E-state index in [0.717, 1.165) is 30.5 Å². The Bertz CT molecular complexity index is 754. The van der Waals surface area contributed by atoms with E-state index in [4.69, 9.17) is 9.15 Å². The topological polar surface area (TPSA) is 71.7 Å². The Labute approximate surface area is 146 Å². The molecule has 0 aliphatic carbocycles. The van der Waals surface area contributed by atoms with E-state index in [1.165, 1.54) is 12.8 Å². The van der Waals surface area contributed by atoms with Gasteiger partial charge in [0.25, 0.3) is 5.91 Å². The predicted octanol–water partition coefficient (Wildman–Crippen LogP) is 2.19. The molecule has 2 aliphatic rings. The van der Waals surface area contributed by atoms with Crippen molar-refractivity contribution >= 4 is 11.9 Å². The summed E-state index contributed by atoms with van der Waals surface area (Å²) in [6, 6.07) is 5.39. The molecule has 2 aromatic rings. The number of hydrogen-bond donors (Lipinski definition) is 0. The fraction of sp³-hybridized carbons (Fsp3) is 0.500. The average molecular weight is 342 g/mol. The van der Waals surface area contributed by atoms with E-state index in [1.54, 1.807) is 23.2 Å². The highest BCUT2D eigenvalue weighted by Gasteiger charge is 2.29. The number of ether oxygens (including phenoxy) is 1. The van der Waals surface area contributed by atoms with Gasteiger partial charge in [0.15, 0.2) is 5.76 Å². The number of carbonyl (C=O) groups is 1. The van der Waals surface area contributed by atoms with Crippen LogP contribution in [0.3, 0.4) is 0 Å². The number of hydrogen-bond acceptors (Lipinski definition) is 6. The molecule has 0 N–H and O–H groups in total. The molecule has 4 heterocycles. The van der Waals surface area contributed by atoms with Gasteiger partial charge in [-0.3, -0.25) is 4.79 Å². The fourth-order valence-corrected chi connectivity index (χ4v) is 3.33. The van der Waals surface area contributed by atoms with E-state index < -0.39 is 0 Å². The molecule has 2 aliphatic heterocycles. The maximum atomic E-state index is 12.6. The van der Waals surface area contributed by atoms with Crippen LogP contribution in [-0.4, -0.2) is 53.6 Å². The number of amides is 1. The zero-order valence-electron chi connectivity index (χ0n) is 14.4. The van der Waals surface area contributed by atoms with Gasteiger partial charge in [-0.25, -0.2) is 9.97 Å². The molecular weight excluding hydrogens is 320 g/mol. The second-order valence-electron chi connectivity index (χ2n) is 6.50. The Morgan fingerprint density at radius 2 is 2.04 bits per heavy atom. The molecule has 2 fully saturated rings. The third-order valence-corrected chi connectivity index (χ3v) is 4.69. The molecule has 0 radical (unpaired) electrons. The summed E-state index contributed by atoms with van der Waals surface area (Å²) in [5, 5.41) is 0. The van der Waals surface area contributed by atoms with Gasteiger partial charge < -0.3 is 19.0 Å². The Morgan fingerprint density at radius 1 is 1.20 bits per heavy atom. The van der Waals surface area contributed by atoms with Crippen molar-refractivity contribution in [2.24, 2.45) is 0 Å². The van der Waals surface area contributed by atoms with E-state index in [0.29, 0.717) is 25.5 Å². The van der Waals surface area contributed by atoms with Crippen LogP contribution in [0.15, 0.2) is 28.8 Å². The van der Waals surface area contributed by atoms with Crippen LogP contribution < -0.4 is 4.90 Å². The fourth-order valence-electron chi connectivity index (χ4n) is 3.33. The highest BCUT2D eigenvalue weighted by atomic mass is 16.5. The molecule has 0 unspecified atom stereocenters. The van der Waals surface area contributed by atoms with Crippen LogP contribution in [0, 0.1) is 6.92 Å². The monoisotopic (exact) mass is 342 g/mol. The lowest BCUT2D eigenvalue weighted by molar-refractivity contribution is -0.0256. The third kappa shape index (κ3) is 3.37. The van der Waals surface area contributed by atoms with Crippen molar-refractivity contribution in [1.82, 2.24) is 14.9 Å². The molecule has 0 aromatic carbocycles. The number of carbonyl (C=O) groups excluding carboxylic acids is 1. The van der Waals surface area contributed by atoms with Gasteiger partial charge in [-0.1, -0.05) is 0 Å². The first-order valence-corrected chi connectivity index (χ1v) is 8.76. The minimum atomic E-state index is -0.238. The van der Waals surface area contributed by atoms with E-state index in [-0.39, 0.29) is 12.0 Å². The first kappa shape index (κ1) is 16.1. The van der Waals surface area contributed by atoms with Crippen LogP contribution in [0.25, 0.3) is 0 Å². The summed E-state index contributed by atoms with van der Waals surface area (Å²) in [5.74, 6) is 1.76. The van der Waals surface area contributed by atoms with Gasteiger partial charge >= 0.3 is 0 Å². The highest BCUT2D eigenvalue weighted by molar-refractivity contribution is 5.91. The molecule has 7 nitrogen and oxygen atoms in total. The van der Waals surface area contributed by atoms with Crippen molar-refractivity contribution in [3.05, 3.63) is 41.6 Å². The number of nitrogens with zero attached hydrogens (tertiary/aromatic N) is 4. The third-order valence-electron chi connectivity index (χ3n) is 4.69. The zero-order chi connectivity index (χ0) is 17.2. The van der Waals surface area contributed by atoms with E-state index in [1.807, 2.05) is 13.0 Å². The first-order chi connectivity index (χ1) is 12.2. The van der Waals surface area contributed by atoms with Crippen molar-refractivity contribution in [3.8, 4) is 0 Å². The molecule has 0 spiro atoms. The minimum Gasteiger partial charge on any atom is -0.456 e. The molecule has 2 saturated heterocycles. The maximum Gasteiger partial charge on any atom is 0.289 e. The zero-order valence-corrected chi connectivity index (χ0v) is 14.4. The number of morpholine rings is 1. The molecule has 1 amide bonds. The molecule has 0 saturated carbocycles. The van der Waals surface area contributed by atoms with Gasteiger partial charge in [0, 0.05) is 25.8 Å². The van der Waals surface area contributed by atoms with Gasteiger partial charge in [-0.2, -0.15) is 0 Å². The van der Waals surface area contributed by atoms with Gasteiger partial charge in [0.05, 0.1) is 18.8 Å². The summed E-state index contributed by atoms with van der Waals surface area (Å²) < 4.78 is 11.3. The van der Waals surface area contributed by atoms with Crippen LogP contribution in [0.4, 0.5) is 5.95 Å². The second kappa shape index (κ2) is 6.84. The van der Waals surface area contributed by atoms with Gasteiger partial charge in [-0.15, -0.1) is 0 Å².